The zero-order chi connectivity index (χ0) is 14.0. The van der Waals surface area contributed by atoms with Crippen LogP contribution in [0.2, 0.25) is 0 Å². The van der Waals surface area contributed by atoms with Gasteiger partial charge in [-0.1, -0.05) is 49.6 Å². The van der Waals surface area contributed by atoms with Gasteiger partial charge in [-0.05, 0) is 40.4 Å². The van der Waals surface area contributed by atoms with Crippen molar-refractivity contribution >= 4 is 21.7 Å². The Morgan fingerprint density at radius 2 is 1.75 bits per heavy atom. The molecule has 2 aromatic rings. The second-order valence-electron chi connectivity index (χ2n) is 5.44. The monoisotopic (exact) mass is 332 g/mol. The molecule has 1 saturated carbocycles. The first-order valence-electron chi connectivity index (χ1n) is 7.07. The molecule has 0 radical (unpaired) electrons. The van der Waals surface area contributed by atoms with Crippen LogP contribution in [-0.2, 0) is 5.41 Å². The third kappa shape index (κ3) is 2.24. The van der Waals surface area contributed by atoms with Gasteiger partial charge in [-0.15, -0.1) is 0 Å². The summed E-state index contributed by atoms with van der Waals surface area (Å²) in [5.74, 6) is 0.566. The summed E-state index contributed by atoms with van der Waals surface area (Å²) in [5, 5.41) is 0. The van der Waals surface area contributed by atoms with E-state index in [1.165, 1.54) is 6.42 Å². The quantitative estimate of drug-likeness (QED) is 0.729. The molecule has 1 aromatic carbocycles. The van der Waals surface area contributed by atoms with Crippen LogP contribution in [0.5, 0.6) is 0 Å². The molecule has 0 N–H and O–H groups in total. The molecule has 0 aliphatic heterocycles. The van der Waals surface area contributed by atoms with E-state index in [0.717, 1.165) is 35.7 Å². The third-order valence-corrected chi connectivity index (χ3v) is 4.92. The molecule has 1 aliphatic carbocycles. The minimum Gasteiger partial charge on any atom is -0.460 e. The van der Waals surface area contributed by atoms with Crippen molar-refractivity contribution in [2.45, 2.75) is 37.5 Å². The lowest BCUT2D eigenvalue weighted by atomic mass is 9.66. The van der Waals surface area contributed by atoms with Gasteiger partial charge in [0.2, 0.25) is 5.78 Å². The average Bonchev–Trinajstić information content (AvgIpc) is 2.94. The van der Waals surface area contributed by atoms with Crippen molar-refractivity contribution in [2.75, 3.05) is 0 Å². The maximum Gasteiger partial charge on any atom is 0.209 e. The number of furan rings is 1. The molecule has 2 nitrogen and oxygen atoms in total. The first-order chi connectivity index (χ1) is 9.74. The third-order valence-electron chi connectivity index (χ3n) is 4.29. The van der Waals surface area contributed by atoms with Crippen molar-refractivity contribution in [2.24, 2.45) is 0 Å². The summed E-state index contributed by atoms with van der Waals surface area (Å²) in [6.07, 6.45) is 6.78. The van der Waals surface area contributed by atoms with Crippen molar-refractivity contribution in [3.05, 3.63) is 58.5 Å². The summed E-state index contributed by atoms with van der Waals surface area (Å²) in [7, 11) is 0. The predicted molar refractivity (Wildman–Crippen MR) is 81.9 cm³/mol. The summed E-state index contributed by atoms with van der Waals surface area (Å²) < 4.78 is 6.18. The molecule has 3 heteroatoms. The van der Waals surface area contributed by atoms with Crippen molar-refractivity contribution in [3.8, 4) is 0 Å². The predicted octanol–water partition coefficient (Wildman–Crippen LogP) is 5.13. The van der Waals surface area contributed by atoms with Gasteiger partial charge in [0.15, 0.2) is 5.76 Å². The summed E-state index contributed by atoms with van der Waals surface area (Å²) in [5.41, 5.74) is 0.702. The molecule has 1 heterocycles. The Balaban J connectivity index is 2.07. The van der Waals surface area contributed by atoms with Gasteiger partial charge in [0.1, 0.15) is 0 Å². The Kier molecular flexibility index (Phi) is 3.79. The summed E-state index contributed by atoms with van der Waals surface area (Å²) >= 11 is 3.42. The molecule has 0 unspecified atom stereocenters. The normalized spacial score (nSPS) is 17.9. The number of carbonyl (C=O) groups is 1. The van der Waals surface area contributed by atoms with Gasteiger partial charge in [0.05, 0.1) is 16.2 Å². The van der Waals surface area contributed by atoms with Crippen molar-refractivity contribution < 1.29 is 9.21 Å². The average molecular weight is 333 g/mol. The van der Waals surface area contributed by atoms with Crippen LogP contribution in [0.25, 0.3) is 0 Å². The van der Waals surface area contributed by atoms with E-state index in [-0.39, 0.29) is 5.78 Å². The number of ketones is 1. The van der Waals surface area contributed by atoms with E-state index in [9.17, 15) is 4.79 Å². The number of Topliss-reactive ketones (excluding diaryl/α,β-unsaturated/α-hetero) is 1. The molecule has 1 fully saturated rings. The second kappa shape index (κ2) is 5.57. The van der Waals surface area contributed by atoms with E-state index >= 15 is 0 Å². The fourth-order valence-corrected chi connectivity index (χ4v) is 3.61. The van der Waals surface area contributed by atoms with E-state index < -0.39 is 5.41 Å². The van der Waals surface area contributed by atoms with Gasteiger partial charge >= 0.3 is 0 Å². The maximum atomic E-state index is 13.1. The van der Waals surface area contributed by atoms with E-state index in [1.807, 2.05) is 18.2 Å². The topological polar surface area (TPSA) is 30.2 Å². The molecule has 0 bridgehead atoms. The number of benzene rings is 1. The molecule has 104 valence electrons. The van der Waals surface area contributed by atoms with Gasteiger partial charge in [0, 0.05) is 0 Å². The SMILES string of the molecule is O=C(c1occc1Br)C1(c2ccccc2)CCCCC1. The van der Waals surface area contributed by atoms with E-state index in [1.54, 1.807) is 12.3 Å². The highest BCUT2D eigenvalue weighted by molar-refractivity contribution is 9.10. The van der Waals surface area contributed by atoms with E-state index in [2.05, 4.69) is 28.1 Å². The molecule has 0 spiro atoms. The highest BCUT2D eigenvalue weighted by Crippen LogP contribution is 2.43. The summed E-state index contributed by atoms with van der Waals surface area (Å²) in [6, 6.07) is 11.9. The van der Waals surface area contributed by atoms with Crippen LogP contribution in [0, 0.1) is 0 Å². The second-order valence-corrected chi connectivity index (χ2v) is 6.29. The number of hydrogen-bond donors (Lipinski definition) is 0. The highest BCUT2D eigenvalue weighted by atomic mass is 79.9. The summed E-state index contributed by atoms with van der Waals surface area (Å²) in [6.45, 7) is 0. The minimum atomic E-state index is -0.417. The molecule has 0 saturated heterocycles. The largest absolute Gasteiger partial charge is 0.460 e. The zero-order valence-corrected chi connectivity index (χ0v) is 12.9. The van der Waals surface area contributed by atoms with Crippen LogP contribution in [0.15, 0.2) is 51.6 Å². The lowest BCUT2D eigenvalue weighted by molar-refractivity contribution is 0.0808. The first-order valence-corrected chi connectivity index (χ1v) is 7.87. The Morgan fingerprint density at radius 1 is 1.05 bits per heavy atom. The molecule has 0 atom stereocenters. The molecule has 3 rings (SSSR count). The number of rotatable bonds is 3. The maximum absolute atomic E-state index is 13.1. The van der Waals surface area contributed by atoms with Crippen LogP contribution < -0.4 is 0 Å². The molecule has 20 heavy (non-hydrogen) atoms. The Bertz CT molecular complexity index is 594. The van der Waals surface area contributed by atoms with Crippen molar-refractivity contribution in [1.82, 2.24) is 0 Å². The van der Waals surface area contributed by atoms with Crippen molar-refractivity contribution in [1.29, 1.82) is 0 Å². The standard InChI is InChI=1S/C17H17BrO2/c18-14-9-12-20-15(14)16(19)17(10-5-2-6-11-17)13-7-3-1-4-8-13/h1,3-4,7-9,12H,2,5-6,10-11H2. The van der Waals surface area contributed by atoms with Crippen LogP contribution >= 0.6 is 15.9 Å². The highest BCUT2D eigenvalue weighted by Gasteiger charge is 2.43. The molecule has 1 aromatic heterocycles. The Morgan fingerprint density at radius 3 is 2.35 bits per heavy atom. The van der Waals surface area contributed by atoms with Gasteiger partial charge in [-0.3, -0.25) is 4.79 Å². The fraction of sp³-hybridized carbons (Fsp3) is 0.353. The number of halogens is 1. The molecule has 0 amide bonds. The zero-order valence-electron chi connectivity index (χ0n) is 11.3. The number of carbonyl (C=O) groups excluding carboxylic acids is 1. The van der Waals surface area contributed by atoms with Crippen LogP contribution in [0.4, 0.5) is 0 Å². The lowest BCUT2D eigenvalue weighted by Gasteiger charge is -2.35. The Hall–Kier alpha value is -1.35. The molecular formula is C17H17BrO2. The fourth-order valence-electron chi connectivity index (χ4n) is 3.23. The minimum absolute atomic E-state index is 0.111. The smallest absolute Gasteiger partial charge is 0.209 e. The van der Waals surface area contributed by atoms with Gasteiger partial charge in [0.25, 0.3) is 0 Å². The van der Waals surface area contributed by atoms with Gasteiger partial charge < -0.3 is 4.42 Å². The van der Waals surface area contributed by atoms with Crippen LogP contribution in [0.3, 0.4) is 0 Å². The van der Waals surface area contributed by atoms with Crippen LogP contribution in [-0.4, -0.2) is 5.78 Å². The van der Waals surface area contributed by atoms with E-state index in [4.69, 9.17) is 4.42 Å². The first kappa shape index (κ1) is 13.6. The van der Waals surface area contributed by atoms with Gasteiger partial charge in [-0.2, -0.15) is 0 Å². The number of hydrogen-bond acceptors (Lipinski definition) is 2. The van der Waals surface area contributed by atoms with Crippen molar-refractivity contribution in [3.63, 3.8) is 0 Å². The van der Waals surface area contributed by atoms with Crippen LogP contribution in [0.1, 0.15) is 48.2 Å². The lowest BCUT2D eigenvalue weighted by Crippen LogP contribution is -2.38. The van der Waals surface area contributed by atoms with E-state index in [0.29, 0.717) is 5.76 Å². The summed E-state index contributed by atoms with van der Waals surface area (Å²) in [4.78, 5) is 13.1. The Labute approximate surface area is 127 Å². The molecular weight excluding hydrogens is 316 g/mol. The molecule has 1 aliphatic rings. The van der Waals surface area contributed by atoms with Gasteiger partial charge in [-0.25, -0.2) is 0 Å².